The van der Waals surface area contributed by atoms with E-state index in [0.29, 0.717) is 0 Å². The van der Waals surface area contributed by atoms with Crippen molar-refractivity contribution in [3.05, 3.63) is 46.2 Å². The third-order valence-corrected chi connectivity index (χ3v) is 2.75. The maximum Gasteiger partial charge on any atom is 0.266 e. The number of nitrogens with two attached hydrogens (primary N) is 1. The Hall–Kier alpha value is -2.14. The quantitative estimate of drug-likeness (QED) is 0.872. The zero-order chi connectivity index (χ0) is 13.1. The fraction of sp³-hybridized carbons (Fsp3) is 0.231. The van der Waals surface area contributed by atoms with Crippen molar-refractivity contribution in [3.63, 3.8) is 0 Å². The van der Waals surface area contributed by atoms with Crippen molar-refractivity contribution in [1.82, 2.24) is 9.78 Å². The molecule has 2 N–H and O–H groups in total. The molecule has 0 spiro atoms. The van der Waals surface area contributed by atoms with Gasteiger partial charge < -0.3 is 10.5 Å². The largest absolute Gasteiger partial charge is 0.497 e. The summed E-state index contributed by atoms with van der Waals surface area (Å²) in [6.07, 6.45) is 0. The zero-order valence-corrected chi connectivity index (χ0v) is 10.4. The lowest BCUT2D eigenvalue weighted by Gasteiger charge is -2.09. The molecular formula is C13H15N3O2. The highest BCUT2D eigenvalue weighted by Crippen LogP contribution is 2.22. The number of ether oxygens (including phenoxy) is 1. The third-order valence-electron chi connectivity index (χ3n) is 2.75. The molecule has 2 rings (SSSR count). The molecule has 0 fully saturated rings. The van der Waals surface area contributed by atoms with Crippen LogP contribution in [0, 0.1) is 0 Å². The standard InChI is InChI=1S/C13H15N3O2/c1-16-12(17)7-10(8-14)13(15-16)9-3-5-11(18-2)6-4-9/h3-7H,8,14H2,1-2H3. The molecule has 2 aromatic rings. The summed E-state index contributed by atoms with van der Waals surface area (Å²) >= 11 is 0. The number of rotatable bonds is 3. The molecule has 0 aliphatic carbocycles. The monoisotopic (exact) mass is 245 g/mol. The number of hydrogen-bond donors (Lipinski definition) is 1. The third kappa shape index (κ3) is 2.26. The zero-order valence-electron chi connectivity index (χ0n) is 10.4. The minimum atomic E-state index is -0.160. The number of benzene rings is 1. The molecule has 0 saturated heterocycles. The van der Waals surface area contributed by atoms with E-state index in [1.807, 2.05) is 24.3 Å². The van der Waals surface area contributed by atoms with Gasteiger partial charge in [0.2, 0.25) is 0 Å². The Morgan fingerprint density at radius 2 is 2.00 bits per heavy atom. The van der Waals surface area contributed by atoms with Crippen LogP contribution in [0.2, 0.25) is 0 Å². The molecule has 0 aliphatic rings. The summed E-state index contributed by atoms with van der Waals surface area (Å²) in [6, 6.07) is 9.01. The average molecular weight is 245 g/mol. The Bertz CT molecular complexity index is 603. The lowest BCUT2D eigenvalue weighted by Crippen LogP contribution is -2.21. The van der Waals surface area contributed by atoms with E-state index in [9.17, 15) is 4.79 Å². The van der Waals surface area contributed by atoms with Gasteiger partial charge in [0.05, 0.1) is 12.8 Å². The van der Waals surface area contributed by atoms with Crippen LogP contribution in [0.3, 0.4) is 0 Å². The Kier molecular flexibility index (Phi) is 3.43. The summed E-state index contributed by atoms with van der Waals surface area (Å²) in [7, 11) is 3.24. The van der Waals surface area contributed by atoms with Gasteiger partial charge in [-0.15, -0.1) is 0 Å². The van der Waals surface area contributed by atoms with Crippen molar-refractivity contribution in [1.29, 1.82) is 0 Å². The van der Waals surface area contributed by atoms with Crippen molar-refractivity contribution >= 4 is 0 Å². The first-order valence-electron chi connectivity index (χ1n) is 5.57. The first kappa shape index (κ1) is 12.3. The van der Waals surface area contributed by atoms with Crippen molar-refractivity contribution in [2.24, 2.45) is 12.8 Å². The SMILES string of the molecule is COc1ccc(-c2nn(C)c(=O)cc2CN)cc1. The molecule has 0 bridgehead atoms. The van der Waals surface area contributed by atoms with Crippen LogP contribution in [0.5, 0.6) is 5.75 Å². The van der Waals surface area contributed by atoms with Crippen LogP contribution < -0.4 is 16.0 Å². The number of aromatic nitrogens is 2. The van der Waals surface area contributed by atoms with E-state index < -0.39 is 0 Å². The molecule has 1 heterocycles. The summed E-state index contributed by atoms with van der Waals surface area (Å²) in [5, 5.41) is 4.25. The first-order chi connectivity index (χ1) is 8.65. The van der Waals surface area contributed by atoms with Gasteiger partial charge in [0.25, 0.3) is 5.56 Å². The molecule has 18 heavy (non-hydrogen) atoms. The van der Waals surface area contributed by atoms with Crippen LogP contribution in [0.1, 0.15) is 5.56 Å². The molecule has 0 saturated carbocycles. The van der Waals surface area contributed by atoms with E-state index in [4.69, 9.17) is 10.5 Å². The van der Waals surface area contributed by atoms with Crippen LogP contribution in [-0.2, 0) is 13.6 Å². The Balaban J connectivity index is 2.54. The van der Waals surface area contributed by atoms with Crippen molar-refractivity contribution in [3.8, 4) is 17.0 Å². The van der Waals surface area contributed by atoms with Gasteiger partial charge in [0.1, 0.15) is 5.75 Å². The van der Waals surface area contributed by atoms with E-state index in [1.165, 1.54) is 10.7 Å². The van der Waals surface area contributed by atoms with Crippen LogP contribution in [0.25, 0.3) is 11.3 Å². The summed E-state index contributed by atoms with van der Waals surface area (Å²) in [5.74, 6) is 0.776. The molecule has 1 aromatic carbocycles. The fourth-order valence-electron chi connectivity index (χ4n) is 1.72. The van der Waals surface area contributed by atoms with E-state index in [-0.39, 0.29) is 12.1 Å². The highest BCUT2D eigenvalue weighted by Gasteiger charge is 2.08. The van der Waals surface area contributed by atoms with Crippen LogP contribution >= 0.6 is 0 Å². The predicted octanol–water partition coefficient (Wildman–Crippen LogP) is 0.915. The lowest BCUT2D eigenvalue weighted by molar-refractivity contribution is 0.415. The number of hydrogen-bond acceptors (Lipinski definition) is 4. The van der Waals surface area contributed by atoms with Crippen molar-refractivity contribution in [2.45, 2.75) is 6.54 Å². The molecule has 0 unspecified atom stereocenters. The van der Waals surface area contributed by atoms with Gasteiger partial charge in [0, 0.05) is 25.2 Å². The van der Waals surface area contributed by atoms with Gasteiger partial charge in [-0.1, -0.05) is 0 Å². The Labute approximate surface area is 105 Å². The van der Waals surface area contributed by atoms with E-state index in [1.54, 1.807) is 14.2 Å². The minimum Gasteiger partial charge on any atom is -0.497 e. The Morgan fingerprint density at radius 3 is 2.56 bits per heavy atom. The average Bonchev–Trinajstić information content (AvgIpc) is 2.41. The summed E-state index contributed by atoms with van der Waals surface area (Å²) < 4.78 is 6.41. The van der Waals surface area contributed by atoms with Gasteiger partial charge in [-0.3, -0.25) is 4.79 Å². The van der Waals surface area contributed by atoms with Gasteiger partial charge in [-0.25, -0.2) is 4.68 Å². The van der Waals surface area contributed by atoms with Crippen LogP contribution in [0.15, 0.2) is 35.1 Å². The van der Waals surface area contributed by atoms with Crippen molar-refractivity contribution < 1.29 is 4.74 Å². The summed E-state index contributed by atoms with van der Waals surface area (Å²) in [6.45, 7) is 0.282. The maximum absolute atomic E-state index is 11.5. The summed E-state index contributed by atoms with van der Waals surface area (Å²) in [4.78, 5) is 11.5. The minimum absolute atomic E-state index is 0.160. The molecular weight excluding hydrogens is 230 g/mol. The second-order valence-corrected chi connectivity index (χ2v) is 3.91. The molecule has 5 heteroatoms. The number of aryl methyl sites for hydroxylation is 1. The van der Waals surface area contributed by atoms with Crippen LogP contribution in [-0.4, -0.2) is 16.9 Å². The van der Waals surface area contributed by atoms with Crippen LogP contribution in [0.4, 0.5) is 0 Å². The van der Waals surface area contributed by atoms with Gasteiger partial charge in [-0.05, 0) is 29.8 Å². The highest BCUT2D eigenvalue weighted by atomic mass is 16.5. The van der Waals surface area contributed by atoms with Gasteiger partial charge in [-0.2, -0.15) is 5.10 Å². The summed E-state index contributed by atoms with van der Waals surface area (Å²) in [5.41, 5.74) is 7.86. The second kappa shape index (κ2) is 5.01. The van der Waals surface area contributed by atoms with Gasteiger partial charge in [0.15, 0.2) is 0 Å². The van der Waals surface area contributed by atoms with E-state index in [0.717, 1.165) is 22.6 Å². The predicted molar refractivity (Wildman–Crippen MR) is 69.4 cm³/mol. The van der Waals surface area contributed by atoms with Crippen molar-refractivity contribution in [2.75, 3.05) is 7.11 Å². The molecule has 0 radical (unpaired) electrons. The molecule has 0 amide bonds. The maximum atomic E-state index is 11.5. The number of nitrogens with zero attached hydrogens (tertiary/aromatic N) is 2. The normalized spacial score (nSPS) is 10.4. The fourth-order valence-corrected chi connectivity index (χ4v) is 1.72. The molecule has 94 valence electrons. The highest BCUT2D eigenvalue weighted by molar-refractivity contribution is 5.63. The molecule has 0 atom stereocenters. The molecule has 0 aliphatic heterocycles. The number of methoxy groups -OCH3 is 1. The van der Waals surface area contributed by atoms with E-state index in [2.05, 4.69) is 5.10 Å². The Morgan fingerprint density at radius 1 is 1.33 bits per heavy atom. The van der Waals surface area contributed by atoms with Gasteiger partial charge >= 0.3 is 0 Å². The molecule has 5 nitrogen and oxygen atoms in total. The van der Waals surface area contributed by atoms with E-state index >= 15 is 0 Å². The topological polar surface area (TPSA) is 70.1 Å². The molecule has 1 aromatic heterocycles. The second-order valence-electron chi connectivity index (χ2n) is 3.91. The lowest BCUT2D eigenvalue weighted by atomic mass is 10.1. The first-order valence-corrected chi connectivity index (χ1v) is 5.57. The smallest absolute Gasteiger partial charge is 0.266 e.